The van der Waals surface area contributed by atoms with Crippen LogP contribution in [0.25, 0.3) is 0 Å². The molecule has 2 aliphatic rings. The van der Waals surface area contributed by atoms with E-state index in [1.54, 1.807) is 0 Å². The number of ether oxygens (including phenoxy) is 1. The van der Waals surface area contributed by atoms with Gasteiger partial charge in [-0.05, 0) is 55.3 Å². The van der Waals surface area contributed by atoms with Gasteiger partial charge in [0.05, 0.1) is 5.60 Å². The van der Waals surface area contributed by atoms with Crippen LogP contribution in [-0.2, 0) is 14.9 Å². The molecule has 0 aromatic carbocycles. The number of fused-ring (bicyclic) bond motifs is 2. The molecular weight excluding hydrogens is 342 g/mol. The highest BCUT2D eigenvalue weighted by Gasteiger charge is 2.52. The number of aliphatic hydroxyl groups is 1. The molecule has 0 radical (unpaired) electrons. The van der Waals surface area contributed by atoms with Crippen molar-refractivity contribution in [2.24, 2.45) is 29.6 Å². The summed E-state index contributed by atoms with van der Waals surface area (Å²) >= 11 is 0. The first kappa shape index (κ1) is 20.0. The monoisotopic (exact) mass is 370 g/mol. The Labute approximate surface area is 142 Å². The fraction of sp³-hybridized carbons (Fsp3) is 1.00. The number of rotatable bonds is 6. The average Bonchev–Trinajstić information content (AvgIpc) is 2.43. The standard InChI is InChI=1S/C16H28F2O5S/c1-10(2)16(19)11(3)4-12-5-13(7-14(16)6-12)8-23-9-15(17,18)24(20,21)22/h10-14,19H,4-9H2,1-3H3,(H,20,21,22). The summed E-state index contributed by atoms with van der Waals surface area (Å²) in [5, 5.41) is 6.85. The zero-order valence-electron chi connectivity index (χ0n) is 14.4. The van der Waals surface area contributed by atoms with Gasteiger partial charge in [-0.3, -0.25) is 4.55 Å². The highest BCUT2D eigenvalue weighted by molar-refractivity contribution is 7.86. The molecule has 5 nitrogen and oxygen atoms in total. The second-order valence-electron chi connectivity index (χ2n) is 7.94. The largest absolute Gasteiger partial charge is 0.392 e. The molecule has 2 N–H and O–H groups in total. The van der Waals surface area contributed by atoms with E-state index in [1.807, 2.05) is 13.8 Å². The van der Waals surface area contributed by atoms with Crippen LogP contribution in [0.15, 0.2) is 0 Å². The topological polar surface area (TPSA) is 83.8 Å². The van der Waals surface area contributed by atoms with Gasteiger partial charge in [0, 0.05) is 6.61 Å². The summed E-state index contributed by atoms with van der Waals surface area (Å²) in [6.45, 7) is 4.75. The van der Waals surface area contributed by atoms with Gasteiger partial charge in [-0.1, -0.05) is 20.8 Å². The zero-order valence-corrected chi connectivity index (χ0v) is 15.2. The van der Waals surface area contributed by atoms with Crippen LogP contribution in [0.3, 0.4) is 0 Å². The van der Waals surface area contributed by atoms with Gasteiger partial charge in [-0.25, -0.2) is 0 Å². The molecule has 142 valence electrons. The van der Waals surface area contributed by atoms with Gasteiger partial charge in [0.15, 0.2) is 0 Å². The Bertz CT molecular complexity index is 549. The predicted octanol–water partition coefficient (Wildman–Crippen LogP) is 2.94. The van der Waals surface area contributed by atoms with Crippen molar-refractivity contribution in [3.8, 4) is 0 Å². The van der Waals surface area contributed by atoms with Gasteiger partial charge in [0.25, 0.3) is 0 Å². The lowest BCUT2D eigenvalue weighted by Gasteiger charge is -2.54. The minimum Gasteiger partial charge on any atom is -0.389 e. The van der Waals surface area contributed by atoms with Crippen LogP contribution in [0.1, 0.15) is 46.5 Å². The van der Waals surface area contributed by atoms with Crippen LogP contribution in [0.5, 0.6) is 0 Å². The third-order valence-corrected chi connectivity index (χ3v) is 6.83. The summed E-state index contributed by atoms with van der Waals surface area (Å²) in [6, 6.07) is 0. The van der Waals surface area contributed by atoms with E-state index in [-0.39, 0.29) is 30.3 Å². The van der Waals surface area contributed by atoms with Crippen molar-refractivity contribution >= 4 is 10.1 Å². The van der Waals surface area contributed by atoms with Crippen LogP contribution in [0, 0.1) is 29.6 Å². The van der Waals surface area contributed by atoms with E-state index < -0.39 is 27.6 Å². The molecular formula is C16H28F2O5S. The molecule has 24 heavy (non-hydrogen) atoms. The Kier molecular flexibility index (Phi) is 5.65. The van der Waals surface area contributed by atoms with Crippen LogP contribution < -0.4 is 0 Å². The maximum Gasteiger partial charge on any atom is 0.392 e. The van der Waals surface area contributed by atoms with E-state index in [0.29, 0.717) is 12.3 Å². The molecule has 2 bridgehead atoms. The van der Waals surface area contributed by atoms with Gasteiger partial charge in [-0.2, -0.15) is 17.2 Å². The van der Waals surface area contributed by atoms with Crippen molar-refractivity contribution in [3.05, 3.63) is 0 Å². The first-order valence-electron chi connectivity index (χ1n) is 8.52. The summed E-state index contributed by atoms with van der Waals surface area (Å²) in [4.78, 5) is 0. The van der Waals surface area contributed by atoms with E-state index in [0.717, 1.165) is 19.3 Å². The molecule has 0 aromatic rings. The van der Waals surface area contributed by atoms with Crippen LogP contribution in [0.4, 0.5) is 8.78 Å². The molecule has 0 spiro atoms. The minimum absolute atomic E-state index is 0.0145. The van der Waals surface area contributed by atoms with Crippen molar-refractivity contribution in [1.29, 1.82) is 0 Å². The van der Waals surface area contributed by atoms with E-state index in [9.17, 15) is 22.3 Å². The van der Waals surface area contributed by atoms with E-state index in [4.69, 9.17) is 9.29 Å². The Balaban J connectivity index is 1.96. The number of hydrogen-bond donors (Lipinski definition) is 2. The Morgan fingerprint density at radius 3 is 2.42 bits per heavy atom. The smallest absolute Gasteiger partial charge is 0.389 e. The highest BCUT2D eigenvalue weighted by Crippen LogP contribution is 2.52. The van der Waals surface area contributed by atoms with E-state index in [1.165, 1.54) is 0 Å². The molecule has 2 rings (SSSR count). The molecule has 2 fully saturated rings. The van der Waals surface area contributed by atoms with Crippen molar-refractivity contribution < 1.29 is 31.6 Å². The molecule has 2 saturated carbocycles. The van der Waals surface area contributed by atoms with E-state index in [2.05, 4.69) is 6.92 Å². The maximum atomic E-state index is 13.2. The number of alkyl halides is 2. The predicted molar refractivity (Wildman–Crippen MR) is 85.2 cm³/mol. The zero-order chi connectivity index (χ0) is 18.3. The molecule has 0 aromatic heterocycles. The third kappa shape index (κ3) is 3.76. The van der Waals surface area contributed by atoms with Gasteiger partial charge >= 0.3 is 15.4 Å². The average molecular weight is 370 g/mol. The Morgan fingerprint density at radius 2 is 1.88 bits per heavy atom. The van der Waals surface area contributed by atoms with E-state index >= 15 is 0 Å². The van der Waals surface area contributed by atoms with Gasteiger partial charge < -0.3 is 9.84 Å². The lowest BCUT2D eigenvalue weighted by atomic mass is 9.55. The fourth-order valence-corrected chi connectivity index (χ4v) is 5.05. The molecule has 8 heteroatoms. The number of halogens is 2. The first-order chi connectivity index (χ1) is 10.9. The second-order valence-corrected chi connectivity index (χ2v) is 9.49. The summed E-state index contributed by atoms with van der Waals surface area (Å²) in [5.41, 5.74) is -0.756. The van der Waals surface area contributed by atoms with Crippen molar-refractivity contribution in [1.82, 2.24) is 0 Å². The minimum atomic E-state index is -5.46. The maximum absolute atomic E-state index is 13.2. The molecule has 5 atom stereocenters. The van der Waals surface area contributed by atoms with Crippen LogP contribution >= 0.6 is 0 Å². The Morgan fingerprint density at radius 1 is 1.25 bits per heavy atom. The van der Waals surface area contributed by atoms with Crippen molar-refractivity contribution in [2.45, 2.75) is 57.3 Å². The van der Waals surface area contributed by atoms with Crippen molar-refractivity contribution in [2.75, 3.05) is 13.2 Å². The second kappa shape index (κ2) is 6.78. The van der Waals surface area contributed by atoms with Crippen LogP contribution in [-0.4, -0.2) is 42.1 Å². The number of hydrogen-bond acceptors (Lipinski definition) is 4. The lowest BCUT2D eigenvalue weighted by Crippen LogP contribution is -2.55. The molecule has 2 aliphatic carbocycles. The van der Waals surface area contributed by atoms with Crippen molar-refractivity contribution in [3.63, 3.8) is 0 Å². The van der Waals surface area contributed by atoms with Gasteiger partial charge in [-0.15, -0.1) is 0 Å². The SMILES string of the molecule is CC(C)C1(O)C(C)CC2CC(COCC(F)(F)S(=O)(=O)O)CC1C2. The summed E-state index contributed by atoms with van der Waals surface area (Å²) in [5.74, 6) is 0.877. The third-order valence-electron chi connectivity index (χ3n) is 5.96. The lowest BCUT2D eigenvalue weighted by molar-refractivity contribution is -0.159. The first-order valence-corrected chi connectivity index (χ1v) is 9.96. The van der Waals surface area contributed by atoms with Crippen LogP contribution in [0.2, 0.25) is 0 Å². The molecule has 0 amide bonds. The highest BCUT2D eigenvalue weighted by atomic mass is 32.2. The summed E-state index contributed by atoms with van der Waals surface area (Å²) in [7, 11) is -5.46. The molecule has 5 unspecified atom stereocenters. The normalized spacial score (nSPS) is 37.7. The van der Waals surface area contributed by atoms with Gasteiger partial charge in [0.1, 0.15) is 6.61 Å². The molecule has 0 heterocycles. The van der Waals surface area contributed by atoms with Gasteiger partial charge in [0.2, 0.25) is 0 Å². The summed E-state index contributed by atoms with van der Waals surface area (Å²) in [6.07, 6.45) is 3.37. The summed E-state index contributed by atoms with van der Waals surface area (Å²) < 4.78 is 60.9. The Hall–Kier alpha value is -0.310. The fourth-order valence-electron chi connectivity index (χ4n) is 4.82. The molecule has 0 saturated heterocycles. The quantitative estimate of drug-likeness (QED) is 0.703. The molecule has 0 aliphatic heterocycles.